The van der Waals surface area contributed by atoms with Gasteiger partial charge in [-0.05, 0) is 44.0 Å². The lowest BCUT2D eigenvalue weighted by Crippen LogP contribution is -2.56. The zero-order chi connectivity index (χ0) is 23.2. The quantitative estimate of drug-likeness (QED) is 0.642. The molecule has 172 valence electrons. The van der Waals surface area contributed by atoms with Gasteiger partial charge in [0.15, 0.2) is 0 Å². The molecule has 2 aromatic carbocycles. The van der Waals surface area contributed by atoms with E-state index in [1.54, 1.807) is 4.68 Å². The summed E-state index contributed by atoms with van der Waals surface area (Å²) in [4.78, 5) is 30.4. The van der Waals surface area contributed by atoms with Gasteiger partial charge in [-0.2, -0.15) is 0 Å². The molecule has 7 nitrogen and oxygen atoms in total. The van der Waals surface area contributed by atoms with Crippen LogP contribution in [0.1, 0.15) is 31.5 Å². The molecule has 2 saturated heterocycles. The fourth-order valence-corrected chi connectivity index (χ4v) is 5.75. The number of anilines is 1. The highest BCUT2D eigenvalue weighted by atomic mass is 35.5. The summed E-state index contributed by atoms with van der Waals surface area (Å²) >= 11 is 6.58. The molecule has 0 saturated carbocycles. The Morgan fingerprint density at radius 1 is 0.939 bits per heavy atom. The van der Waals surface area contributed by atoms with E-state index in [1.807, 2.05) is 60.3 Å². The first kappa shape index (κ1) is 21.8. The number of nitrogens with zero attached hydrogens (tertiary/aromatic N) is 4. The predicted octanol–water partition coefficient (Wildman–Crippen LogP) is 3.32. The molecule has 2 aliphatic rings. The molecule has 0 aliphatic carbocycles. The zero-order valence-corrected chi connectivity index (χ0v) is 19.6. The monoisotopic (exact) mass is 465 g/mol. The highest BCUT2D eigenvalue weighted by Crippen LogP contribution is 2.38. The first-order valence-electron chi connectivity index (χ1n) is 11.3. The van der Waals surface area contributed by atoms with Crippen molar-refractivity contribution in [1.29, 1.82) is 0 Å². The van der Waals surface area contributed by atoms with Crippen LogP contribution in [0.3, 0.4) is 0 Å². The largest absolute Gasteiger partial charge is 0.339 e. The van der Waals surface area contributed by atoms with Gasteiger partial charge in [-0.3, -0.25) is 19.2 Å². The first-order valence-corrected chi connectivity index (χ1v) is 11.7. The second kappa shape index (κ2) is 8.39. The van der Waals surface area contributed by atoms with Crippen molar-refractivity contribution in [2.45, 2.75) is 31.3 Å². The topological polar surface area (TPSA) is 62.5 Å². The third-order valence-corrected chi connectivity index (χ3v) is 7.58. The molecule has 0 radical (unpaired) electrons. The minimum absolute atomic E-state index is 0.0628. The van der Waals surface area contributed by atoms with E-state index in [-0.39, 0.29) is 22.5 Å². The fourth-order valence-electron chi connectivity index (χ4n) is 5.39. The van der Waals surface area contributed by atoms with Crippen molar-refractivity contribution in [2.75, 3.05) is 24.7 Å². The van der Waals surface area contributed by atoms with E-state index in [0.717, 1.165) is 30.2 Å². The molecule has 1 aromatic heterocycles. The molecule has 33 heavy (non-hydrogen) atoms. The van der Waals surface area contributed by atoms with E-state index in [4.69, 9.17) is 11.6 Å². The average Bonchev–Trinajstić information content (AvgIpc) is 3.27. The molecule has 1 atom stereocenters. The molecule has 1 unspecified atom stereocenters. The van der Waals surface area contributed by atoms with Gasteiger partial charge in [0.25, 0.3) is 5.56 Å². The second-order valence-corrected chi connectivity index (χ2v) is 9.22. The zero-order valence-electron chi connectivity index (χ0n) is 18.9. The number of carbonyl (C=O) groups is 1. The summed E-state index contributed by atoms with van der Waals surface area (Å²) in [6.45, 7) is 4.08. The van der Waals surface area contributed by atoms with Crippen LogP contribution in [0.2, 0.25) is 5.02 Å². The minimum atomic E-state index is -0.538. The van der Waals surface area contributed by atoms with E-state index >= 15 is 0 Å². The van der Waals surface area contributed by atoms with Gasteiger partial charge in [-0.25, -0.2) is 4.68 Å². The van der Waals surface area contributed by atoms with E-state index in [9.17, 15) is 9.59 Å². The van der Waals surface area contributed by atoms with Crippen molar-refractivity contribution in [3.8, 4) is 5.69 Å². The summed E-state index contributed by atoms with van der Waals surface area (Å²) in [5.41, 5.74) is 1.87. The van der Waals surface area contributed by atoms with Gasteiger partial charge in [0.05, 0.1) is 24.1 Å². The van der Waals surface area contributed by atoms with Crippen LogP contribution in [0.4, 0.5) is 5.69 Å². The molecule has 3 heterocycles. The number of likely N-dealkylation sites (tertiary alicyclic amines) is 1. The van der Waals surface area contributed by atoms with Crippen molar-refractivity contribution in [2.24, 2.45) is 7.05 Å². The van der Waals surface area contributed by atoms with Crippen molar-refractivity contribution in [3.05, 3.63) is 81.7 Å². The molecular weight excluding hydrogens is 438 g/mol. The molecular formula is C25H28ClN5O2. The van der Waals surface area contributed by atoms with Crippen LogP contribution in [0.15, 0.2) is 65.5 Å². The summed E-state index contributed by atoms with van der Waals surface area (Å²) in [5.74, 6) is 0.0966. The number of halogens is 1. The lowest BCUT2D eigenvalue weighted by Gasteiger charge is -2.45. The Morgan fingerprint density at radius 2 is 1.52 bits per heavy atom. The van der Waals surface area contributed by atoms with Crippen LogP contribution < -0.4 is 15.8 Å². The number of hydrogen-bond acceptors (Lipinski definition) is 4. The van der Waals surface area contributed by atoms with Crippen LogP contribution in [0, 0.1) is 0 Å². The van der Waals surface area contributed by atoms with Gasteiger partial charge >= 0.3 is 0 Å². The van der Waals surface area contributed by atoms with E-state index in [1.165, 1.54) is 0 Å². The summed E-state index contributed by atoms with van der Waals surface area (Å²) in [5, 5.41) is 3.30. The van der Waals surface area contributed by atoms with Gasteiger partial charge in [0.1, 0.15) is 10.6 Å². The minimum Gasteiger partial charge on any atom is -0.339 e. The molecule has 1 spiro atoms. The maximum atomic E-state index is 13.0. The van der Waals surface area contributed by atoms with Crippen LogP contribution in [0.5, 0.6) is 0 Å². The molecule has 5 rings (SSSR count). The van der Waals surface area contributed by atoms with Crippen LogP contribution in [-0.2, 0) is 11.8 Å². The molecule has 2 aliphatic heterocycles. The number of aromatic nitrogens is 2. The molecule has 3 aromatic rings. The van der Waals surface area contributed by atoms with Crippen LogP contribution >= 0.6 is 11.6 Å². The fraction of sp³-hybridized carbons (Fsp3) is 0.360. The van der Waals surface area contributed by atoms with E-state index < -0.39 is 5.54 Å². The number of carbonyl (C=O) groups excluding carboxylic acids is 1. The summed E-state index contributed by atoms with van der Waals surface area (Å²) in [6, 6.07) is 19.6. The maximum absolute atomic E-state index is 13.0. The Kier molecular flexibility index (Phi) is 5.54. The van der Waals surface area contributed by atoms with Gasteiger partial charge < -0.3 is 10.2 Å². The number of rotatable bonds is 4. The predicted molar refractivity (Wildman–Crippen MR) is 130 cm³/mol. The third kappa shape index (κ3) is 3.47. The van der Waals surface area contributed by atoms with Crippen molar-refractivity contribution < 1.29 is 4.79 Å². The highest BCUT2D eigenvalue weighted by Gasteiger charge is 2.50. The second-order valence-electron chi connectivity index (χ2n) is 8.85. The third-order valence-electron chi connectivity index (χ3n) is 7.23. The number of benzene rings is 2. The smallest absolute Gasteiger partial charge is 0.290 e. The number of piperidine rings is 1. The Labute approximate surface area is 198 Å². The van der Waals surface area contributed by atoms with Gasteiger partial charge in [0.2, 0.25) is 5.91 Å². The molecule has 1 N–H and O–H groups in total. The lowest BCUT2D eigenvalue weighted by molar-refractivity contribution is -0.125. The number of amides is 1. The van der Waals surface area contributed by atoms with Gasteiger partial charge in [-0.1, -0.05) is 48.0 Å². The SMILES string of the molecule is CC(c1c(Cl)c(=O)n(-c2ccccc2)n1C)N1CCC2(CC1)C(=O)NCN2c1ccccc1. The number of nitrogens with one attached hydrogen (secondary N) is 1. The molecule has 8 heteroatoms. The summed E-state index contributed by atoms with van der Waals surface area (Å²) in [6.07, 6.45) is 1.42. The van der Waals surface area contributed by atoms with Crippen molar-refractivity contribution >= 4 is 23.2 Å². The maximum Gasteiger partial charge on any atom is 0.290 e. The van der Waals surface area contributed by atoms with Crippen LogP contribution in [0.25, 0.3) is 5.69 Å². The summed E-state index contributed by atoms with van der Waals surface area (Å²) < 4.78 is 3.47. The van der Waals surface area contributed by atoms with Crippen molar-refractivity contribution in [3.63, 3.8) is 0 Å². The Hall–Kier alpha value is -3.03. The normalized spacial score (nSPS) is 19.1. The average molecular weight is 466 g/mol. The van der Waals surface area contributed by atoms with Gasteiger partial charge in [0, 0.05) is 25.8 Å². The highest BCUT2D eigenvalue weighted by molar-refractivity contribution is 6.31. The lowest BCUT2D eigenvalue weighted by atomic mass is 9.85. The van der Waals surface area contributed by atoms with Crippen molar-refractivity contribution in [1.82, 2.24) is 19.6 Å². The molecule has 2 fully saturated rings. The first-order chi connectivity index (χ1) is 15.9. The van der Waals surface area contributed by atoms with E-state index in [2.05, 4.69) is 34.2 Å². The Balaban J connectivity index is 1.40. The van der Waals surface area contributed by atoms with Gasteiger partial charge in [-0.15, -0.1) is 0 Å². The van der Waals surface area contributed by atoms with Crippen LogP contribution in [-0.4, -0.2) is 45.5 Å². The molecule has 1 amide bonds. The standard InChI is InChI=1S/C25H28ClN5O2/c1-18(22-21(26)23(32)31(28(22)2)20-11-7-4-8-12-20)29-15-13-25(14-16-29)24(33)27-17-30(25)19-9-5-3-6-10-19/h3-12,18H,13-17H2,1-2H3,(H,27,33). The number of para-hydroxylation sites is 2. The number of hydrogen-bond donors (Lipinski definition) is 1. The van der Waals surface area contributed by atoms with E-state index in [0.29, 0.717) is 19.5 Å². The molecule has 0 bridgehead atoms. The Bertz CT molecular complexity index is 1210. The Morgan fingerprint density at radius 3 is 2.12 bits per heavy atom. The summed E-state index contributed by atoms with van der Waals surface area (Å²) in [7, 11) is 1.87.